The number of benzene rings is 1. The van der Waals surface area contributed by atoms with Gasteiger partial charge < -0.3 is 10.2 Å². The summed E-state index contributed by atoms with van der Waals surface area (Å²) < 4.78 is 0. The molecule has 1 atom stereocenters. The van der Waals surface area contributed by atoms with Crippen LogP contribution in [-0.4, -0.2) is 26.9 Å². The van der Waals surface area contributed by atoms with Crippen LogP contribution in [0.5, 0.6) is 0 Å². The molecule has 6 nitrogen and oxygen atoms in total. The fourth-order valence-corrected chi connectivity index (χ4v) is 2.74. The number of nitrogens with one attached hydrogen (secondary N) is 2. The molecule has 0 bridgehead atoms. The maximum atomic E-state index is 12.3. The Morgan fingerprint density at radius 1 is 1.30 bits per heavy atom. The summed E-state index contributed by atoms with van der Waals surface area (Å²) in [4.78, 5) is 25.8. The van der Waals surface area contributed by atoms with E-state index in [0.717, 1.165) is 16.8 Å². The maximum Gasteiger partial charge on any atom is 0.223 e. The van der Waals surface area contributed by atoms with Crippen molar-refractivity contribution in [1.29, 1.82) is 0 Å². The summed E-state index contributed by atoms with van der Waals surface area (Å²) >= 11 is 0. The van der Waals surface area contributed by atoms with E-state index in [9.17, 15) is 9.59 Å². The van der Waals surface area contributed by atoms with Crippen molar-refractivity contribution in [3.05, 3.63) is 59.5 Å². The van der Waals surface area contributed by atoms with Crippen molar-refractivity contribution < 1.29 is 9.59 Å². The van der Waals surface area contributed by atoms with Gasteiger partial charge in [-0.15, -0.1) is 0 Å². The van der Waals surface area contributed by atoms with Gasteiger partial charge in [0.15, 0.2) is 0 Å². The molecule has 0 radical (unpaired) electrons. The lowest BCUT2D eigenvalue weighted by molar-refractivity contribution is -0.130. The smallest absolute Gasteiger partial charge is 0.223 e. The van der Waals surface area contributed by atoms with Gasteiger partial charge in [0.25, 0.3) is 0 Å². The van der Waals surface area contributed by atoms with Crippen molar-refractivity contribution in [2.24, 2.45) is 0 Å². The van der Waals surface area contributed by atoms with Crippen LogP contribution in [-0.2, 0) is 16.1 Å². The predicted octanol–water partition coefficient (Wildman–Crippen LogP) is 1.99. The van der Waals surface area contributed by atoms with E-state index in [1.165, 1.54) is 6.92 Å². The number of H-pyrrole nitrogens is 1. The fraction of sp³-hybridized carbons (Fsp3) is 0.235. The number of aromatic amines is 1. The summed E-state index contributed by atoms with van der Waals surface area (Å²) in [6.07, 6.45) is 5.50. The zero-order valence-electron chi connectivity index (χ0n) is 12.8. The van der Waals surface area contributed by atoms with E-state index in [0.29, 0.717) is 6.54 Å². The number of rotatable bonds is 4. The van der Waals surface area contributed by atoms with Crippen molar-refractivity contribution >= 4 is 17.9 Å². The Balaban J connectivity index is 1.74. The number of fused-ring (bicyclic) bond motifs is 1. The third-order valence-corrected chi connectivity index (χ3v) is 3.88. The molecule has 0 saturated carbocycles. The van der Waals surface area contributed by atoms with Crippen LogP contribution in [0.15, 0.2) is 42.7 Å². The molecule has 1 unspecified atom stereocenters. The molecule has 23 heavy (non-hydrogen) atoms. The molecule has 1 aromatic heterocycles. The van der Waals surface area contributed by atoms with Crippen LogP contribution < -0.4 is 5.32 Å². The number of hydrogen-bond acceptors (Lipinski definition) is 3. The number of nitrogens with zero attached hydrogens (tertiary/aromatic N) is 2. The minimum absolute atomic E-state index is 0.0814. The van der Waals surface area contributed by atoms with Gasteiger partial charge in [-0.25, -0.2) is 0 Å². The highest BCUT2D eigenvalue weighted by molar-refractivity contribution is 5.81. The first-order valence-corrected chi connectivity index (χ1v) is 7.46. The highest BCUT2D eigenvalue weighted by Crippen LogP contribution is 2.32. The van der Waals surface area contributed by atoms with E-state index >= 15 is 0 Å². The van der Waals surface area contributed by atoms with Crippen molar-refractivity contribution in [3.63, 3.8) is 0 Å². The van der Waals surface area contributed by atoms with Gasteiger partial charge in [-0.05, 0) is 23.3 Å². The van der Waals surface area contributed by atoms with Crippen LogP contribution in [0, 0.1) is 0 Å². The van der Waals surface area contributed by atoms with Crippen LogP contribution in [0.25, 0.3) is 6.08 Å². The Kier molecular flexibility index (Phi) is 4.23. The van der Waals surface area contributed by atoms with Gasteiger partial charge in [0.05, 0.1) is 24.7 Å². The number of amides is 2. The lowest BCUT2D eigenvalue weighted by atomic mass is 9.93. The summed E-state index contributed by atoms with van der Waals surface area (Å²) in [5.74, 6) is -0.192. The molecule has 2 aromatic rings. The number of hydrogen-bond donors (Lipinski definition) is 2. The molecule has 118 valence electrons. The summed E-state index contributed by atoms with van der Waals surface area (Å²) in [6.45, 7) is 1.90. The normalized spacial score (nSPS) is 16.0. The summed E-state index contributed by atoms with van der Waals surface area (Å²) in [6, 6.07) is 9.34. The molecule has 1 aliphatic rings. The van der Waals surface area contributed by atoms with Gasteiger partial charge in [-0.3, -0.25) is 14.7 Å². The summed E-state index contributed by atoms with van der Waals surface area (Å²) in [7, 11) is 0. The average molecular weight is 310 g/mol. The molecule has 1 aromatic carbocycles. The summed E-state index contributed by atoms with van der Waals surface area (Å²) in [5, 5.41) is 9.49. The second-order valence-corrected chi connectivity index (χ2v) is 5.45. The van der Waals surface area contributed by atoms with Crippen LogP contribution in [0.4, 0.5) is 0 Å². The standard InChI is InChI=1S/C17H18N4O2/c1-12(22)21-9-7-13-4-2-3-5-15(13)16(21)10-17(23)18-11-14-6-8-19-20-14/h2-9,16H,10-11H2,1H3,(H,18,23)(H,19,20). The second-order valence-electron chi connectivity index (χ2n) is 5.45. The monoisotopic (exact) mass is 310 g/mol. The van der Waals surface area contributed by atoms with E-state index < -0.39 is 0 Å². The molecule has 2 amide bonds. The maximum absolute atomic E-state index is 12.3. The van der Waals surface area contributed by atoms with Gasteiger partial charge in [-0.1, -0.05) is 24.3 Å². The SMILES string of the molecule is CC(=O)N1C=Cc2ccccc2C1CC(=O)NCc1ccn[nH]1. The first-order valence-electron chi connectivity index (χ1n) is 7.46. The van der Waals surface area contributed by atoms with Crippen molar-refractivity contribution in [3.8, 4) is 0 Å². The molecule has 0 spiro atoms. The topological polar surface area (TPSA) is 78.1 Å². The lowest BCUT2D eigenvalue weighted by Crippen LogP contribution is -2.35. The molecular formula is C17H18N4O2. The Bertz CT molecular complexity index is 737. The molecule has 6 heteroatoms. The van der Waals surface area contributed by atoms with Gasteiger partial charge in [0.1, 0.15) is 0 Å². The Labute approximate surface area is 134 Å². The highest BCUT2D eigenvalue weighted by atomic mass is 16.2. The molecule has 3 rings (SSSR count). The van der Waals surface area contributed by atoms with Crippen molar-refractivity contribution in [2.75, 3.05) is 0 Å². The van der Waals surface area contributed by atoms with E-state index in [-0.39, 0.29) is 24.3 Å². The van der Waals surface area contributed by atoms with Gasteiger partial charge in [0.2, 0.25) is 11.8 Å². The second kappa shape index (κ2) is 6.48. The lowest BCUT2D eigenvalue weighted by Gasteiger charge is -2.32. The third-order valence-electron chi connectivity index (χ3n) is 3.88. The van der Waals surface area contributed by atoms with Gasteiger partial charge in [0, 0.05) is 19.3 Å². The minimum atomic E-state index is -0.282. The zero-order chi connectivity index (χ0) is 16.2. The number of aromatic nitrogens is 2. The Morgan fingerprint density at radius 2 is 2.13 bits per heavy atom. The largest absolute Gasteiger partial charge is 0.350 e. The van der Waals surface area contributed by atoms with Crippen LogP contribution in [0.1, 0.15) is 36.2 Å². The molecule has 0 saturated heterocycles. The van der Waals surface area contributed by atoms with E-state index in [1.54, 1.807) is 23.4 Å². The molecule has 0 fully saturated rings. The average Bonchev–Trinajstić information content (AvgIpc) is 3.06. The molecule has 2 N–H and O–H groups in total. The first-order chi connectivity index (χ1) is 11.1. The van der Waals surface area contributed by atoms with Crippen LogP contribution in [0.2, 0.25) is 0 Å². The Hall–Kier alpha value is -2.89. The van der Waals surface area contributed by atoms with Gasteiger partial charge >= 0.3 is 0 Å². The van der Waals surface area contributed by atoms with E-state index in [4.69, 9.17) is 0 Å². The van der Waals surface area contributed by atoms with Crippen LogP contribution in [0.3, 0.4) is 0 Å². The highest BCUT2D eigenvalue weighted by Gasteiger charge is 2.27. The quantitative estimate of drug-likeness (QED) is 0.906. The predicted molar refractivity (Wildman–Crippen MR) is 85.8 cm³/mol. The van der Waals surface area contributed by atoms with Crippen LogP contribution >= 0.6 is 0 Å². The van der Waals surface area contributed by atoms with Crippen molar-refractivity contribution in [2.45, 2.75) is 25.9 Å². The fourth-order valence-electron chi connectivity index (χ4n) is 2.74. The molecule has 1 aliphatic heterocycles. The number of carbonyl (C=O) groups excluding carboxylic acids is 2. The minimum Gasteiger partial charge on any atom is -0.350 e. The van der Waals surface area contributed by atoms with Gasteiger partial charge in [-0.2, -0.15) is 5.10 Å². The Morgan fingerprint density at radius 3 is 2.87 bits per heavy atom. The van der Waals surface area contributed by atoms with E-state index in [2.05, 4.69) is 15.5 Å². The number of carbonyl (C=O) groups is 2. The third kappa shape index (κ3) is 3.31. The molecular weight excluding hydrogens is 292 g/mol. The molecule has 0 aliphatic carbocycles. The van der Waals surface area contributed by atoms with Crippen molar-refractivity contribution in [1.82, 2.24) is 20.4 Å². The van der Waals surface area contributed by atoms with E-state index in [1.807, 2.05) is 30.3 Å². The zero-order valence-corrected chi connectivity index (χ0v) is 12.8. The molecule has 2 heterocycles. The first kappa shape index (κ1) is 15.0. The summed E-state index contributed by atoms with van der Waals surface area (Å²) in [5.41, 5.74) is 2.86.